The van der Waals surface area contributed by atoms with Crippen molar-refractivity contribution in [1.29, 1.82) is 0 Å². The molecule has 1 aromatic carbocycles. The van der Waals surface area contributed by atoms with Crippen LogP contribution < -0.4 is 10.2 Å². The fraction of sp³-hybridized carbons (Fsp3) is 0.278. The number of morpholine rings is 1. The highest BCUT2D eigenvalue weighted by atomic mass is 16.5. The quantitative estimate of drug-likeness (QED) is 0.800. The van der Waals surface area contributed by atoms with Crippen LogP contribution in [0.1, 0.15) is 0 Å². The van der Waals surface area contributed by atoms with Crippen LogP contribution >= 0.6 is 0 Å². The highest BCUT2D eigenvalue weighted by Crippen LogP contribution is 2.27. The number of anilines is 2. The van der Waals surface area contributed by atoms with E-state index in [9.17, 15) is 0 Å². The number of rotatable bonds is 3. The monoisotopic (exact) mass is 321 g/mol. The van der Waals surface area contributed by atoms with Crippen molar-refractivity contribution < 1.29 is 4.74 Å². The molecule has 0 spiro atoms. The molecular weight excluding hydrogens is 302 g/mol. The Balaban J connectivity index is 1.69. The van der Waals surface area contributed by atoms with Gasteiger partial charge in [-0.25, -0.2) is 9.97 Å². The third-order valence-corrected chi connectivity index (χ3v) is 4.23. The normalized spacial score (nSPS) is 14.8. The fourth-order valence-corrected chi connectivity index (χ4v) is 2.96. The first-order chi connectivity index (χ1) is 11.8. The molecule has 0 bridgehead atoms. The molecule has 122 valence electrons. The summed E-state index contributed by atoms with van der Waals surface area (Å²) in [5.74, 6) is 0.743. The molecule has 1 fully saturated rings. The molecule has 24 heavy (non-hydrogen) atoms. The summed E-state index contributed by atoms with van der Waals surface area (Å²) in [6.45, 7) is 3.45. The van der Waals surface area contributed by atoms with Crippen molar-refractivity contribution in [2.24, 2.45) is 0 Å². The zero-order valence-corrected chi connectivity index (χ0v) is 13.6. The van der Waals surface area contributed by atoms with Gasteiger partial charge in [0.05, 0.1) is 24.4 Å². The Hall–Kier alpha value is -2.73. The van der Waals surface area contributed by atoms with E-state index < -0.39 is 0 Å². The van der Waals surface area contributed by atoms with Gasteiger partial charge in [-0.05, 0) is 18.2 Å². The third kappa shape index (κ3) is 2.76. The highest BCUT2D eigenvalue weighted by molar-refractivity contribution is 5.88. The molecule has 0 atom stereocenters. The molecular formula is C18H19N5O. The number of nitrogens with zero attached hydrogens (tertiary/aromatic N) is 4. The standard InChI is InChI=1S/C18H19N5O/c1-19-18-17-16(20-6-7-21-17)12-15(22-18)13-2-4-14(5-3-13)23-8-10-24-11-9-23/h2-7,12H,8-11H2,1H3,(H,19,22). The summed E-state index contributed by atoms with van der Waals surface area (Å²) in [7, 11) is 1.85. The van der Waals surface area contributed by atoms with E-state index in [2.05, 4.69) is 49.4 Å². The summed E-state index contributed by atoms with van der Waals surface area (Å²) in [4.78, 5) is 15.8. The highest BCUT2D eigenvalue weighted by Gasteiger charge is 2.12. The number of hydrogen-bond acceptors (Lipinski definition) is 6. The molecule has 1 aliphatic heterocycles. The van der Waals surface area contributed by atoms with Gasteiger partial charge in [-0.15, -0.1) is 0 Å². The van der Waals surface area contributed by atoms with Gasteiger partial charge >= 0.3 is 0 Å². The number of pyridine rings is 1. The van der Waals surface area contributed by atoms with Crippen LogP contribution in [0.3, 0.4) is 0 Å². The summed E-state index contributed by atoms with van der Waals surface area (Å²) in [6, 6.07) is 10.5. The summed E-state index contributed by atoms with van der Waals surface area (Å²) in [5, 5.41) is 3.11. The predicted molar refractivity (Wildman–Crippen MR) is 95.3 cm³/mol. The van der Waals surface area contributed by atoms with Crippen LogP contribution in [-0.2, 0) is 4.74 Å². The van der Waals surface area contributed by atoms with Crippen molar-refractivity contribution in [2.45, 2.75) is 0 Å². The van der Waals surface area contributed by atoms with E-state index in [0.717, 1.165) is 54.4 Å². The fourth-order valence-electron chi connectivity index (χ4n) is 2.96. The zero-order chi connectivity index (χ0) is 16.4. The lowest BCUT2D eigenvalue weighted by molar-refractivity contribution is 0.122. The molecule has 0 amide bonds. The van der Waals surface area contributed by atoms with Crippen LogP contribution in [0.4, 0.5) is 11.5 Å². The van der Waals surface area contributed by atoms with Crippen molar-refractivity contribution in [3.63, 3.8) is 0 Å². The molecule has 3 aromatic rings. The maximum absolute atomic E-state index is 5.41. The molecule has 1 aliphatic rings. The van der Waals surface area contributed by atoms with Gasteiger partial charge in [-0.1, -0.05) is 12.1 Å². The molecule has 0 saturated carbocycles. The molecule has 6 heteroatoms. The van der Waals surface area contributed by atoms with Crippen molar-refractivity contribution >= 4 is 22.5 Å². The topological polar surface area (TPSA) is 63.2 Å². The van der Waals surface area contributed by atoms with Gasteiger partial charge in [0.15, 0.2) is 5.82 Å². The van der Waals surface area contributed by atoms with Crippen molar-refractivity contribution in [3.8, 4) is 11.3 Å². The van der Waals surface area contributed by atoms with Gasteiger partial charge in [-0.3, -0.25) is 4.98 Å². The van der Waals surface area contributed by atoms with Crippen molar-refractivity contribution in [3.05, 3.63) is 42.7 Å². The molecule has 1 saturated heterocycles. The van der Waals surface area contributed by atoms with Crippen LogP contribution in [0, 0.1) is 0 Å². The van der Waals surface area contributed by atoms with E-state index in [0.29, 0.717) is 0 Å². The SMILES string of the molecule is CNc1nc(-c2ccc(N3CCOCC3)cc2)cc2nccnc12. The van der Waals surface area contributed by atoms with Crippen LogP contribution in [-0.4, -0.2) is 48.3 Å². The van der Waals surface area contributed by atoms with E-state index in [1.165, 1.54) is 5.69 Å². The molecule has 0 aliphatic carbocycles. The first kappa shape index (κ1) is 14.8. The summed E-state index contributed by atoms with van der Waals surface area (Å²) < 4.78 is 5.41. The maximum Gasteiger partial charge on any atom is 0.154 e. The maximum atomic E-state index is 5.41. The van der Waals surface area contributed by atoms with Crippen LogP contribution in [0.15, 0.2) is 42.7 Å². The smallest absolute Gasteiger partial charge is 0.154 e. The minimum Gasteiger partial charge on any atom is -0.378 e. The van der Waals surface area contributed by atoms with E-state index in [-0.39, 0.29) is 0 Å². The van der Waals surface area contributed by atoms with Gasteiger partial charge in [0.25, 0.3) is 0 Å². The molecule has 4 rings (SSSR count). The molecule has 0 unspecified atom stereocenters. The van der Waals surface area contributed by atoms with E-state index in [1.807, 2.05) is 13.1 Å². The molecule has 0 radical (unpaired) electrons. The molecule has 3 heterocycles. The summed E-state index contributed by atoms with van der Waals surface area (Å²) >= 11 is 0. The van der Waals surface area contributed by atoms with E-state index in [4.69, 9.17) is 4.74 Å². The van der Waals surface area contributed by atoms with Crippen LogP contribution in [0.25, 0.3) is 22.3 Å². The lowest BCUT2D eigenvalue weighted by Crippen LogP contribution is -2.36. The number of aromatic nitrogens is 3. The number of ether oxygens (including phenoxy) is 1. The Morgan fingerprint density at radius 3 is 2.54 bits per heavy atom. The minimum atomic E-state index is 0.743. The number of fused-ring (bicyclic) bond motifs is 1. The Kier molecular flexibility index (Phi) is 3.96. The third-order valence-electron chi connectivity index (χ3n) is 4.23. The van der Waals surface area contributed by atoms with Crippen molar-refractivity contribution in [2.75, 3.05) is 43.6 Å². The second-order valence-electron chi connectivity index (χ2n) is 5.68. The first-order valence-corrected chi connectivity index (χ1v) is 8.08. The van der Waals surface area contributed by atoms with Gasteiger partial charge in [0.2, 0.25) is 0 Å². The van der Waals surface area contributed by atoms with E-state index >= 15 is 0 Å². The Labute approximate surface area is 140 Å². The molecule has 1 N–H and O–H groups in total. The molecule has 6 nitrogen and oxygen atoms in total. The average molecular weight is 321 g/mol. The minimum absolute atomic E-state index is 0.743. The van der Waals surface area contributed by atoms with Crippen molar-refractivity contribution in [1.82, 2.24) is 15.0 Å². The lowest BCUT2D eigenvalue weighted by atomic mass is 10.1. The van der Waals surface area contributed by atoms with Gasteiger partial charge in [-0.2, -0.15) is 0 Å². The zero-order valence-electron chi connectivity index (χ0n) is 13.6. The molecule has 2 aromatic heterocycles. The Bertz CT molecular complexity index is 844. The summed E-state index contributed by atoms with van der Waals surface area (Å²) in [5.41, 5.74) is 4.80. The summed E-state index contributed by atoms with van der Waals surface area (Å²) in [6.07, 6.45) is 3.38. The second-order valence-corrected chi connectivity index (χ2v) is 5.68. The van der Waals surface area contributed by atoms with Gasteiger partial charge in [0.1, 0.15) is 5.52 Å². The Morgan fingerprint density at radius 2 is 1.79 bits per heavy atom. The second kappa shape index (κ2) is 6.41. The number of nitrogens with one attached hydrogen (secondary N) is 1. The van der Waals surface area contributed by atoms with Gasteiger partial charge < -0.3 is 15.0 Å². The first-order valence-electron chi connectivity index (χ1n) is 8.08. The van der Waals surface area contributed by atoms with Crippen LogP contribution in [0.5, 0.6) is 0 Å². The Morgan fingerprint density at radius 1 is 1.04 bits per heavy atom. The number of hydrogen-bond donors (Lipinski definition) is 1. The largest absolute Gasteiger partial charge is 0.378 e. The van der Waals surface area contributed by atoms with Crippen LogP contribution in [0.2, 0.25) is 0 Å². The number of benzene rings is 1. The average Bonchev–Trinajstić information content (AvgIpc) is 2.68. The lowest BCUT2D eigenvalue weighted by Gasteiger charge is -2.28. The van der Waals surface area contributed by atoms with E-state index in [1.54, 1.807) is 12.4 Å². The predicted octanol–water partition coefficient (Wildman–Crippen LogP) is 2.57. The van der Waals surface area contributed by atoms with Gasteiger partial charge in [0, 0.05) is 43.8 Å².